The number of para-hydroxylation sites is 2. The summed E-state index contributed by atoms with van der Waals surface area (Å²) in [5.74, 6) is 1.65. The Hall–Kier alpha value is -2.33. The third-order valence-corrected chi connectivity index (χ3v) is 4.46. The smallest absolute Gasteiger partial charge is 0.138 e. The molecule has 4 nitrogen and oxygen atoms in total. The molecule has 0 spiro atoms. The molecule has 25 heavy (non-hydrogen) atoms. The number of ether oxygens (including phenoxy) is 1. The standard InChI is InChI=1S/C21H26N2O2/c1-4-7-19(24)21-22-17-8-5-6-9-18(17)23(21)12-13-25-20-14-15(2)10-11-16(20)3/h5-6,8-11,14,19,24H,4,7,12-13H2,1-3H3. The van der Waals surface area contributed by atoms with Crippen molar-refractivity contribution in [2.45, 2.75) is 46.3 Å². The molecule has 1 N–H and O–H groups in total. The van der Waals surface area contributed by atoms with Gasteiger partial charge in [0.15, 0.2) is 0 Å². The largest absolute Gasteiger partial charge is 0.491 e. The van der Waals surface area contributed by atoms with Crippen molar-refractivity contribution in [3.05, 3.63) is 59.4 Å². The van der Waals surface area contributed by atoms with Gasteiger partial charge in [-0.25, -0.2) is 4.98 Å². The van der Waals surface area contributed by atoms with Gasteiger partial charge in [-0.3, -0.25) is 0 Å². The van der Waals surface area contributed by atoms with Gasteiger partial charge in [0.25, 0.3) is 0 Å². The van der Waals surface area contributed by atoms with Crippen molar-refractivity contribution in [2.75, 3.05) is 6.61 Å². The molecule has 132 valence electrons. The molecule has 0 aliphatic heterocycles. The van der Waals surface area contributed by atoms with Crippen LogP contribution in [-0.4, -0.2) is 21.3 Å². The number of aliphatic hydroxyl groups excluding tert-OH is 1. The average molecular weight is 338 g/mol. The lowest BCUT2D eigenvalue weighted by atomic mass is 10.1. The lowest BCUT2D eigenvalue weighted by Crippen LogP contribution is -2.14. The van der Waals surface area contributed by atoms with Crippen LogP contribution in [0.15, 0.2) is 42.5 Å². The topological polar surface area (TPSA) is 47.3 Å². The van der Waals surface area contributed by atoms with Crippen molar-refractivity contribution in [1.29, 1.82) is 0 Å². The summed E-state index contributed by atoms with van der Waals surface area (Å²) in [6, 6.07) is 14.2. The van der Waals surface area contributed by atoms with Crippen molar-refractivity contribution in [2.24, 2.45) is 0 Å². The van der Waals surface area contributed by atoms with Crippen LogP contribution in [0.25, 0.3) is 11.0 Å². The van der Waals surface area contributed by atoms with Crippen LogP contribution in [0.4, 0.5) is 0 Å². The first-order valence-corrected chi connectivity index (χ1v) is 8.93. The zero-order valence-corrected chi connectivity index (χ0v) is 15.2. The molecular formula is C21H26N2O2. The van der Waals surface area contributed by atoms with Gasteiger partial charge in [0.2, 0.25) is 0 Å². The number of imidazole rings is 1. The lowest BCUT2D eigenvalue weighted by Gasteiger charge is -2.15. The number of aryl methyl sites for hydroxylation is 2. The molecule has 0 amide bonds. The number of hydrogen-bond donors (Lipinski definition) is 1. The van der Waals surface area contributed by atoms with E-state index in [9.17, 15) is 5.11 Å². The van der Waals surface area contributed by atoms with E-state index in [1.807, 2.05) is 24.3 Å². The number of nitrogens with zero attached hydrogens (tertiary/aromatic N) is 2. The highest BCUT2D eigenvalue weighted by molar-refractivity contribution is 5.76. The molecule has 1 heterocycles. The first-order valence-electron chi connectivity index (χ1n) is 8.93. The van der Waals surface area contributed by atoms with E-state index in [0.717, 1.165) is 34.6 Å². The molecule has 0 saturated carbocycles. The van der Waals surface area contributed by atoms with Gasteiger partial charge in [-0.2, -0.15) is 0 Å². The fraction of sp³-hybridized carbons (Fsp3) is 0.381. The monoisotopic (exact) mass is 338 g/mol. The molecule has 0 aliphatic rings. The number of hydrogen-bond acceptors (Lipinski definition) is 3. The van der Waals surface area contributed by atoms with E-state index in [2.05, 4.69) is 48.5 Å². The van der Waals surface area contributed by atoms with Crippen molar-refractivity contribution in [3.63, 3.8) is 0 Å². The second-order valence-electron chi connectivity index (χ2n) is 6.53. The van der Waals surface area contributed by atoms with Crippen LogP contribution in [0.2, 0.25) is 0 Å². The maximum absolute atomic E-state index is 10.5. The zero-order chi connectivity index (χ0) is 17.8. The summed E-state index contributed by atoms with van der Waals surface area (Å²) >= 11 is 0. The Morgan fingerprint density at radius 2 is 1.96 bits per heavy atom. The van der Waals surface area contributed by atoms with E-state index >= 15 is 0 Å². The predicted molar refractivity (Wildman–Crippen MR) is 101 cm³/mol. The Bertz CT molecular complexity index is 854. The minimum Gasteiger partial charge on any atom is -0.491 e. The molecule has 0 radical (unpaired) electrons. The fourth-order valence-corrected chi connectivity index (χ4v) is 3.10. The molecule has 1 atom stereocenters. The van der Waals surface area contributed by atoms with Gasteiger partial charge in [-0.05, 0) is 49.6 Å². The van der Waals surface area contributed by atoms with E-state index in [0.29, 0.717) is 19.6 Å². The maximum Gasteiger partial charge on any atom is 0.138 e. The minimum absolute atomic E-state index is 0.538. The SMILES string of the molecule is CCCC(O)c1nc2ccccc2n1CCOc1cc(C)ccc1C. The van der Waals surface area contributed by atoms with Crippen molar-refractivity contribution < 1.29 is 9.84 Å². The summed E-state index contributed by atoms with van der Waals surface area (Å²) in [6.07, 6.45) is 1.09. The molecule has 0 saturated heterocycles. The van der Waals surface area contributed by atoms with Gasteiger partial charge >= 0.3 is 0 Å². The number of benzene rings is 2. The van der Waals surface area contributed by atoms with Gasteiger partial charge < -0.3 is 14.4 Å². The second kappa shape index (κ2) is 7.70. The Balaban J connectivity index is 1.82. The summed E-state index contributed by atoms with van der Waals surface area (Å²) in [4.78, 5) is 4.65. The molecule has 0 fully saturated rings. The number of fused-ring (bicyclic) bond motifs is 1. The van der Waals surface area contributed by atoms with E-state index in [-0.39, 0.29) is 0 Å². The molecule has 4 heteroatoms. The van der Waals surface area contributed by atoms with Crippen LogP contribution in [0.1, 0.15) is 42.8 Å². The minimum atomic E-state index is -0.543. The van der Waals surface area contributed by atoms with Crippen molar-refractivity contribution in [1.82, 2.24) is 9.55 Å². The Morgan fingerprint density at radius 1 is 1.16 bits per heavy atom. The van der Waals surface area contributed by atoms with Crippen LogP contribution in [0.3, 0.4) is 0 Å². The van der Waals surface area contributed by atoms with Gasteiger partial charge in [0.05, 0.1) is 17.6 Å². The third-order valence-electron chi connectivity index (χ3n) is 4.46. The highest BCUT2D eigenvalue weighted by Crippen LogP contribution is 2.24. The van der Waals surface area contributed by atoms with Crippen LogP contribution >= 0.6 is 0 Å². The number of rotatable bonds is 7. The highest BCUT2D eigenvalue weighted by Gasteiger charge is 2.17. The van der Waals surface area contributed by atoms with Gasteiger partial charge in [-0.15, -0.1) is 0 Å². The van der Waals surface area contributed by atoms with Gasteiger partial charge in [0, 0.05) is 0 Å². The second-order valence-corrected chi connectivity index (χ2v) is 6.53. The Morgan fingerprint density at radius 3 is 2.76 bits per heavy atom. The van der Waals surface area contributed by atoms with E-state index < -0.39 is 6.10 Å². The summed E-state index contributed by atoms with van der Waals surface area (Å²) < 4.78 is 8.09. The fourth-order valence-electron chi connectivity index (χ4n) is 3.10. The number of aromatic nitrogens is 2. The van der Waals surface area contributed by atoms with Crippen molar-refractivity contribution >= 4 is 11.0 Å². The van der Waals surface area contributed by atoms with E-state index in [4.69, 9.17) is 4.74 Å². The van der Waals surface area contributed by atoms with Crippen LogP contribution in [0.5, 0.6) is 5.75 Å². The molecule has 2 aromatic carbocycles. The zero-order valence-electron chi connectivity index (χ0n) is 15.2. The quantitative estimate of drug-likeness (QED) is 0.687. The Kier molecular flexibility index (Phi) is 5.39. The molecule has 3 rings (SSSR count). The lowest BCUT2D eigenvalue weighted by molar-refractivity contribution is 0.151. The molecular weight excluding hydrogens is 312 g/mol. The summed E-state index contributed by atoms with van der Waals surface area (Å²) in [6.45, 7) is 7.38. The molecule has 0 aliphatic carbocycles. The highest BCUT2D eigenvalue weighted by atomic mass is 16.5. The van der Waals surface area contributed by atoms with Crippen LogP contribution < -0.4 is 4.74 Å². The van der Waals surface area contributed by atoms with Gasteiger partial charge in [0.1, 0.15) is 24.3 Å². The average Bonchev–Trinajstić information content (AvgIpc) is 2.97. The van der Waals surface area contributed by atoms with E-state index in [1.165, 1.54) is 5.56 Å². The van der Waals surface area contributed by atoms with Crippen LogP contribution in [0, 0.1) is 13.8 Å². The summed E-state index contributed by atoms with van der Waals surface area (Å²) in [7, 11) is 0. The van der Waals surface area contributed by atoms with Crippen LogP contribution in [-0.2, 0) is 6.54 Å². The Labute approximate surface area is 149 Å². The van der Waals surface area contributed by atoms with E-state index in [1.54, 1.807) is 0 Å². The molecule has 1 unspecified atom stereocenters. The summed E-state index contributed by atoms with van der Waals surface area (Å²) in [5.41, 5.74) is 4.27. The molecule has 0 bridgehead atoms. The van der Waals surface area contributed by atoms with Crippen molar-refractivity contribution in [3.8, 4) is 5.75 Å². The maximum atomic E-state index is 10.5. The predicted octanol–water partition coefficient (Wildman–Crippen LogP) is 4.57. The number of aliphatic hydroxyl groups is 1. The molecule has 3 aromatic rings. The normalized spacial score (nSPS) is 12.5. The first-order chi connectivity index (χ1) is 12.1. The first kappa shape index (κ1) is 17.5. The third kappa shape index (κ3) is 3.85. The molecule has 1 aromatic heterocycles. The van der Waals surface area contributed by atoms with Gasteiger partial charge in [-0.1, -0.05) is 37.6 Å². The summed E-state index contributed by atoms with van der Waals surface area (Å²) in [5, 5.41) is 10.5.